The summed E-state index contributed by atoms with van der Waals surface area (Å²) in [5.74, 6) is 0. The molecule has 0 amide bonds. The van der Waals surface area contributed by atoms with Crippen molar-refractivity contribution in [2.45, 2.75) is 40.5 Å². The molecule has 0 atom stereocenters. The van der Waals surface area contributed by atoms with Gasteiger partial charge in [0.1, 0.15) is 0 Å². The van der Waals surface area contributed by atoms with Crippen LogP contribution >= 0.6 is 45.3 Å². The summed E-state index contributed by atoms with van der Waals surface area (Å²) >= 11 is 7.96. The number of hydrogen-bond acceptors (Lipinski definition) is 4. The summed E-state index contributed by atoms with van der Waals surface area (Å²) in [6, 6.07) is 24.1. The van der Waals surface area contributed by atoms with Crippen LogP contribution in [0.2, 0.25) is 0 Å². The van der Waals surface area contributed by atoms with Crippen molar-refractivity contribution >= 4 is 140 Å². The van der Waals surface area contributed by atoms with E-state index in [0.717, 1.165) is 12.8 Å². The van der Waals surface area contributed by atoms with E-state index in [1.54, 1.807) is 0 Å². The third-order valence-corrected chi connectivity index (χ3v) is 14.1. The van der Waals surface area contributed by atoms with Crippen molar-refractivity contribution in [2.75, 3.05) is 0 Å². The molecular formula is C38H26S4. The first-order valence-electron chi connectivity index (χ1n) is 14.8. The molecule has 0 nitrogen and oxygen atoms in total. The highest BCUT2D eigenvalue weighted by atomic mass is 32.1. The molecule has 0 fully saturated rings. The van der Waals surface area contributed by atoms with Crippen molar-refractivity contribution in [3.05, 3.63) is 80.2 Å². The average molecular weight is 611 g/mol. The molecule has 6 aromatic carbocycles. The second kappa shape index (κ2) is 8.21. The molecule has 4 aromatic heterocycles. The summed E-state index contributed by atoms with van der Waals surface area (Å²) in [5.41, 5.74) is 0. The first kappa shape index (κ1) is 24.2. The minimum Gasteiger partial charge on any atom is -0.140 e. The number of hydrogen-bond donors (Lipinski definition) is 0. The number of thiophene rings is 4. The molecule has 4 heteroatoms. The third-order valence-electron chi connectivity index (χ3n) is 9.42. The average Bonchev–Trinajstić information content (AvgIpc) is 3.79. The number of rotatable bonds is 2. The summed E-state index contributed by atoms with van der Waals surface area (Å²) in [4.78, 5) is 5.73. The minimum atomic E-state index is 1.08. The van der Waals surface area contributed by atoms with Crippen LogP contribution in [-0.2, 0) is 12.8 Å². The zero-order valence-electron chi connectivity index (χ0n) is 23.8. The van der Waals surface area contributed by atoms with Crippen molar-refractivity contribution in [1.82, 2.24) is 0 Å². The van der Waals surface area contributed by atoms with E-state index in [-0.39, 0.29) is 0 Å². The normalized spacial score (nSPS) is 13.0. The van der Waals surface area contributed by atoms with Gasteiger partial charge < -0.3 is 0 Å². The van der Waals surface area contributed by atoms with Gasteiger partial charge in [-0.2, -0.15) is 0 Å². The highest BCUT2D eigenvalue weighted by Crippen LogP contribution is 2.54. The van der Waals surface area contributed by atoms with Gasteiger partial charge in [0.15, 0.2) is 0 Å². The van der Waals surface area contributed by atoms with Gasteiger partial charge in [-0.15, -0.1) is 45.3 Å². The lowest BCUT2D eigenvalue weighted by Gasteiger charge is -2.19. The Balaban J connectivity index is 1.61. The maximum Gasteiger partial charge on any atom is 0.0437 e. The smallest absolute Gasteiger partial charge is 0.0437 e. The quantitative estimate of drug-likeness (QED) is 0.135. The van der Waals surface area contributed by atoms with Gasteiger partial charge in [0.05, 0.1) is 0 Å². The highest BCUT2D eigenvalue weighted by molar-refractivity contribution is 7.23. The van der Waals surface area contributed by atoms with Crippen LogP contribution in [0.15, 0.2) is 60.7 Å². The van der Waals surface area contributed by atoms with Crippen molar-refractivity contribution in [2.24, 2.45) is 0 Å². The first-order chi connectivity index (χ1) is 20.6. The Bertz CT molecular complexity index is 2590. The molecule has 0 aliphatic rings. The van der Waals surface area contributed by atoms with Gasteiger partial charge in [-0.1, -0.05) is 50.2 Å². The van der Waals surface area contributed by atoms with Crippen LogP contribution in [0.3, 0.4) is 0 Å². The van der Waals surface area contributed by atoms with E-state index in [9.17, 15) is 0 Å². The van der Waals surface area contributed by atoms with Gasteiger partial charge in [0, 0.05) is 81.4 Å². The molecule has 10 aromatic rings. The highest BCUT2D eigenvalue weighted by Gasteiger charge is 2.25. The molecule has 202 valence electrons. The second-order valence-corrected chi connectivity index (χ2v) is 16.6. The van der Waals surface area contributed by atoms with Crippen molar-refractivity contribution in [3.63, 3.8) is 0 Å². The van der Waals surface area contributed by atoms with Gasteiger partial charge in [-0.25, -0.2) is 0 Å². The predicted molar refractivity (Wildman–Crippen MR) is 195 cm³/mol. The van der Waals surface area contributed by atoms with Gasteiger partial charge in [0.2, 0.25) is 0 Å². The number of fused-ring (bicyclic) bond motifs is 16. The van der Waals surface area contributed by atoms with Crippen LogP contribution in [-0.4, -0.2) is 0 Å². The molecule has 0 aliphatic carbocycles. The van der Waals surface area contributed by atoms with E-state index in [1.807, 2.05) is 45.3 Å². The molecule has 0 aliphatic heterocycles. The monoisotopic (exact) mass is 610 g/mol. The fourth-order valence-corrected chi connectivity index (χ4v) is 12.3. The summed E-state index contributed by atoms with van der Waals surface area (Å²) in [5, 5.41) is 20.1. The summed E-state index contributed by atoms with van der Waals surface area (Å²) in [7, 11) is 0. The number of benzene rings is 6. The van der Waals surface area contributed by atoms with Crippen LogP contribution < -0.4 is 0 Å². The van der Waals surface area contributed by atoms with Crippen LogP contribution in [0.5, 0.6) is 0 Å². The fourth-order valence-electron chi connectivity index (χ4n) is 7.76. The lowest BCUT2D eigenvalue weighted by atomic mass is 9.85. The Kier molecular flexibility index (Phi) is 4.73. The molecule has 0 unspecified atom stereocenters. The van der Waals surface area contributed by atoms with Gasteiger partial charge in [-0.05, 0) is 83.3 Å². The molecule has 0 saturated carbocycles. The Morgan fingerprint density at radius 2 is 0.738 bits per heavy atom. The maximum absolute atomic E-state index is 2.47. The minimum absolute atomic E-state index is 1.08. The standard InChI is InChI=1S/C38H26S4/c1-5-19-15-27-25-13-17(3)39-35(25)31-21-9-7-10-22-29(21)30-23(33(31)37(27)41-19)11-8-12-24(30)34-32(22)36-26(14-18(4)40-36)28-16-20(6-2)42-38(28)34/h7-16H,5-6H2,1-4H3. The topological polar surface area (TPSA) is 0 Å². The van der Waals surface area contributed by atoms with Crippen LogP contribution in [0, 0.1) is 13.8 Å². The molecule has 10 rings (SSSR count). The molecule has 0 N–H and O–H groups in total. The van der Waals surface area contributed by atoms with Crippen LogP contribution in [0.4, 0.5) is 0 Å². The summed E-state index contributed by atoms with van der Waals surface area (Å²) < 4.78 is 5.82. The third kappa shape index (κ3) is 2.83. The molecule has 0 spiro atoms. The van der Waals surface area contributed by atoms with Gasteiger partial charge >= 0.3 is 0 Å². The van der Waals surface area contributed by atoms with E-state index in [1.165, 1.54) is 114 Å². The van der Waals surface area contributed by atoms with Crippen LogP contribution in [0.25, 0.3) is 94.2 Å². The SMILES string of the molecule is CCc1cc2c3cc(C)sc3c3c4cccc5c4c4c(cccc4c4c6sc(CC)cc6c6cc(C)sc6c54)c3c2s1. The van der Waals surface area contributed by atoms with Crippen molar-refractivity contribution in [3.8, 4) is 0 Å². The van der Waals surface area contributed by atoms with E-state index in [0.29, 0.717) is 0 Å². The predicted octanol–water partition coefficient (Wildman–Crippen LogP) is 13.5. The van der Waals surface area contributed by atoms with Crippen molar-refractivity contribution < 1.29 is 0 Å². The largest absolute Gasteiger partial charge is 0.140 e. The molecule has 42 heavy (non-hydrogen) atoms. The second-order valence-electron chi connectivity index (χ2n) is 11.8. The van der Waals surface area contributed by atoms with E-state index >= 15 is 0 Å². The first-order valence-corrected chi connectivity index (χ1v) is 18.1. The van der Waals surface area contributed by atoms with Crippen molar-refractivity contribution in [1.29, 1.82) is 0 Å². The van der Waals surface area contributed by atoms with E-state index in [2.05, 4.69) is 88.4 Å². The zero-order chi connectivity index (χ0) is 28.0. The Hall–Kier alpha value is -3.28. The van der Waals surface area contributed by atoms with Gasteiger partial charge in [0.25, 0.3) is 0 Å². The van der Waals surface area contributed by atoms with E-state index < -0.39 is 0 Å². The molecule has 0 bridgehead atoms. The maximum atomic E-state index is 2.47. The molecule has 0 radical (unpaired) electrons. The lowest BCUT2D eigenvalue weighted by molar-refractivity contribution is 1.19. The Morgan fingerprint density at radius 1 is 0.405 bits per heavy atom. The molecule has 4 heterocycles. The lowest BCUT2D eigenvalue weighted by Crippen LogP contribution is -1.90. The Morgan fingerprint density at radius 3 is 1.10 bits per heavy atom. The summed E-state index contributed by atoms with van der Waals surface area (Å²) in [6.45, 7) is 9.13. The molecule has 0 saturated heterocycles. The fraction of sp³-hybridized carbons (Fsp3) is 0.158. The van der Waals surface area contributed by atoms with Crippen LogP contribution in [0.1, 0.15) is 33.4 Å². The van der Waals surface area contributed by atoms with Gasteiger partial charge in [-0.3, -0.25) is 0 Å². The summed E-state index contributed by atoms with van der Waals surface area (Å²) in [6.07, 6.45) is 2.15. The number of aryl methyl sites for hydroxylation is 4. The Labute approximate surface area is 258 Å². The van der Waals surface area contributed by atoms with E-state index in [4.69, 9.17) is 0 Å². The molecular weight excluding hydrogens is 585 g/mol. The zero-order valence-corrected chi connectivity index (χ0v) is 27.1.